The monoisotopic (exact) mass is 311 g/mol. The first-order chi connectivity index (χ1) is 9.90. The van der Waals surface area contributed by atoms with E-state index in [9.17, 15) is 4.79 Å². The molecule has 1 fully saturated rings. The van der Waals surface area contributed by atoms with Gasteiger partial charge in [0, 0.05) is 23.1 Å². The number of ether oxygens (including phenoxy) is 1. The fourth-order valence-electron chi connectivity index (χ4n) is 2.68. The molecule has 0 saturated heterocycles. The zero-order valence-electron chi connectivity index (χ0n) is 12.6. The number of anilines is 1. The Hall–Kier alpha value is -1.30. The Kier molecular flexibility index (Phi) is 4.76. The van der Waals surface area contributed by atoms with Crippen molar-refractivity contribution in [2.45, 2.75) is 39.3 Å². The molecule has 1 amide bonds. The molecular weight excluding hydrogens is 290 g/mol. The molecule has 1 aromatic carbocycles. The normalized spacial score (nSPS) is 23.3. The molecule has 2 rings (SSSR count). The Balaban J connectivity index is 2.08. The molecular formula is C15H22ClN3O2. The predicted molar refractivity (Wildman–Crippen MR) is 84.3 cm³/mol. The van der Waals surface area contributed by atoms with Crippen LogP contribution in [0.4, 0.5) is 5.69 Å². The van der Waals surface area contributed by atoms with Gasteiger partial charge in [-0.2, -0.15) is 0 Å². The summed E-state index contributed by atoms with van der Waals surface area (Å²) in [4.78, 5) is 12.4. The standard InChI is InChI=1S/C15H22ClN3O2/c1-4-21-13-8-12(15(13,2)3)18-14(20)10-7-9(16)5-6-11(10)19-17/h5-7,12-13,19H,4,8,17H2,1-3H3,(H,18,20). The number of hydrogen-bond acceptors (Lipinski definition) is 4. The summed E-state index contributed by atoms with van der Waals surface area (Å²) in [6.07, 6.45) is 0.998. The second-order valence-corrected chi connectivity index (χ2v) is 6.30. The first kappa shape index (κ1) is 16.1. The minimum atomic E-state index is -0.182. The molecule has 1 aliphatic rings. The SMILES string of the molecule is CCOC1CC(NC(=O)c2cc(Cl)ccc2NN)C1(C)C. The average Bonchev–Trinajstić information content (AvgIpc) is 2.46. The molecule has 116 valence electrons. The summed E-state index contributed by atoms with van der Waals surface area (Å²) in [7, 11) is 0. The number of nitrogen functional groups attached to an aromatic ring is 1. The van der Waals surface area contributed by atoms with E-state index in [1.54, 1.807) is 18.2 Å². The fraction of sp³-hybridized carbons (Fsp3) is 0.533. The van der Waals surface area contributed by atoms with Crippen molar-refractivity contribution in [1.29, 1.82) is 0 Å². The lowest BCUT2D eigenvalue weighted by atomic mass is 9.64. The topological polar surface area (TPSA) is 76.4 Å². The number of nitrogens with one attached hydrogen (secondary N) is 2. The van der Waals surface area contributed by atoms with Crippen LogP contribution in [0.15, 0.2) is 18.2 Å². The molecule has 1 aliphatic carbocycles. The molecule has 0 radical (unpaired) electrons. The number of nitrogens with two attached hydrogens (primary N) is 1. The van der Waals surface area contributed by atoms with E-state index in [1.165, 1.54) is 0 Å². The summed E-state index contributed by atoms with van der Waals surface area (Å²) in [5.41, 5.74) is 3.43. The molecule has 0 spiro atoms. The number of rotatable bonds is 5. The van der Waals surface area contributed by atoms with E-state index in [-0.39, 0.29) is 23.5 Å². The van der Waals surface area contributed by atoms with Crippen molar-refractivity contribution in [3.05, 3.63) is 28.8 Å². The Labute approximate surface area is 130 Å². The van der Waals surface area contributed by atoms with Crippen LogP contribution in [0, 0.1) is 5.41 Å². The van der Waals surface area contributed by atoms with Gasteiger partial charge in [-0.15, -0.1) is 0 Å². The first-order valence-electron chi connectivity index (χ1n) is 7.08. The number of carbonyl (C=O) groups is 1. The third-order valence-electron chi connectivity index (χ3n) is 4.23. The number of carbonyl (C=O) groups excluding carboxylic acids is 1. The maximum atomic E-state index is 12.4. The zero-order valence-corrected chi connectivity index (χ0v) is 13.3. The molecule has 21 heavy (non-hydrogen) atoms. The van der Waals surface area contributed by atoms with Crippen LogP contribution in [0.5, 0.6) is 0 Å². The molecule has 0 heterocycles. The van der Waals surface area contributed by atoms with E-state index in [1.807, 2.05) is 6.92 Å². The zero-order chi connectivity index (χ0) is 15.6. The molecule has 0 aromatic heterocycles. The number of halogens is 1. The highest BCUT2D eigenvalue weighted by molar-refractivity contribution is 6.31. The van der Waals surface area contributed by atoms with Gasteiger partial charge in [-0.05, 0) is 31.5 Å². The quantitative estimate of drug-likeness (QED) is 0.577. The minimum Gasteiger partial charge on any atom is -0.378 e. The van der Waals surface area contributed by atoms with Gasteiger partial charge in [-0.25, -0.2) is 0 Å². The lowest BCUT2D eigenvalue weighted by molar-refractivity contribution is -0.111. The Morgan fingerprint density at radius 2 is 2.24 bits per heavy atom. The van der Waals surface area contributed by atoms with Crippen LogP contribution in [0.2, 0.25) is 5.02 Å². The molecule has 2 atom stereocenters. The van der Waals surface area contributed by atoms with E-state index in [0.29, 0.717) is 22.9 Å². The van der Waals surface area contributed by atoms with Crippen LogP contribution >= 0.6 is 11.6 Å². The molecule has 5 nitrogen and oxygen atoms in total. The van der Waals surface area contributed by atoms with Crippen molar-refractivity contribution in [3.8, 4) is 0 Å². The lowest BCUT2D eigenvalue weighted by Gasteiger charge is -2.51. The average molecular weight is 312 g/mol. The molecule has 2 unspecified atom stereocenters. The Morgan fingerprint density at radius 3 is 2.81 bits per heavy atom. The number of hydrazine groups is 1. The third-order valence-corrected chi connectivity index (χ3v) is 4.47. The van der Waals surface area contributed by atoms with E-state index in [0.717, 1.165) is 6.42 Å². The summed E-state index contributed by atoms with van der Waals surface area (Å²) in [5.74, 6) is 5.26. The van der Waals surface area contributed by atoms with Crippen LogP contribution in [-0.2, 0) is 4.74 Å². The maximum absolute atomic E-state index is 12.4. The first-order valence-corrected chi connectivity index (χ1v) is 7.46. The van der Waals surface area contributed by atoms with Gasteiger partial charge >= 0.3 is 0 Å². The van der Waals surface area contributed by atoms with Crippen molar-refractivity contribution < 1.29 is 9.53 Å². The molecule has 0 aliphatic heterocycles. The van der Waals surface area contributed by atoms with Crippen LogP contribution in [0.25, 0.3) is 0 Å². The highest BCUT2D eigenvalue weighted by atomic mass is 35.5. The third kappa shape index (κ3) is 3.15. The van der Waals surface area contributed by atoms with E-state index < -0.39 is 0 Å². The van der Waals surface area contributed by atoms with E-state index >= 15 is 0 Å². The largest absolute Gasteiger partial charge is 0.378 e. The van der Waals surface area contributed by atoms with Crippen molar-refractivity contribution in [2.75, 3.05) is 12.0 Å². The van der Waals surface area contributed by atoms with Crippen molar-refractivity contribution in [1.82, 2.24) is 5.32 Å². The Bertz CT molecular complexity index is 534. The van der Waals surface area contributed by atoms with Crippen LogP contribution < -0.4 is 16.6 Å². The summed E-state index contributed by atoms with van der Waals surface area (Å²) >= 11 is 5.95. The smallest absolute Gasteiger partial charge is 0.253 e. The summed E-state index contributed by atoms with van der Waals surface area (Å²) in [6.45, 7) is 6.86. The van der Waals surface area contributed by atoms with Crippen molar-refractivity contribution in [3.63, 3.8) is 0 Å². The number of hydrogen-bond donors (Lipinski definition) is 3. The van der Waals surface area contributed by atoms with Crippen LogP contribution in [-0.4, -0.2) is 24.7 Å². The van der Waals surface area contributed by atoms with Crippen LogP contribution in [0.1, 0.15) is 37.6 Å². The molecule has 6 heteroatoms. The van der Waals surface area contributed by atoms with Gasteiger partial charge < -0.3 is 15.5 Å². The van der Waals surface area contributed by atoms with Gasteiger partial charge in [0.1, 0.15) is 0 Å². The highest BCUT2D eigenvalue weighted by Gasteiger charge is 2.49. The van der Waals surface area contributed by atoms with Gasteiger partial charge in [-0.3, -0.25) is 10.6 Å². The molecule has 4 N–H and O–H groups in total. The van der Waals surface area contributed by atoms with Gasteiger partial charge in [0.25, 0.3) is 5.91 Å². The van der Waals surface area contributed by atoms with Gasteiger partial charge in [0.15, 0.2) is 0 Å². The van der Waals surface area contributed by atoms with Gasteiger partial charge in [0.05, 0.1) is 17.4 Å². The Morgan fingerprint density at radius 1 is 1.52 bits per heavy atom. The molecule has 1 aromatic rings. The number of amides is 1. The highest BCUT2D eigenvalue weighted by Crippen LogP contribution is 2.42. The van der Waals surface area contributed by atoms with Gasteiger partial charge in [-0.1, -0.05) is 25.4 Å². The van der Waals surface area contributed by atoms with Crippen molar-refractivity contribution in [2.24, 2.45) is 11.3 Å². The van der Waals surface area contributed by atoms with E-state index in [4.69, 9.17) is 22.2 Å². The lowest BCUT2D eigenvalue weighted by Crippen LogP contribution is -2.62. The van der Waals surface area contributed by atoms with Crippen LogP contribution in [0.3, 0.4) is 0 Å². The summed E-state index contributed by atoms with van der Waals surface area (Å²) < 4.78 is 5.67. The predicted octanol–water partition coefficient (Wildman–Crippen LogP) is 2.56. The minimum absolute atomic E-state index is 0.0751. The van der Waals surface area contributed by atoms with Crippen molar-refractivity contribution >= 4 is 23.2 Å². The van der Waals surface area contributed by atoms with E-state index in [2.05, 4.69) is 24.6 Å². The van der Waals surface area contributed by atoms with Gasteiger partial charge in [0.2, 0.25) is 0 Å². The molecule has 1 saturated carbocycles. The maximum Gasteiger partial charge on any atom is 0.253 e. The number of benzene rings is 1. The molecule has 0 bridgehead atoms. The summed E-state index contributed by atoms with van der Waals surface area (Å²) in [6, 6.07) is 5.06. The second kappa shape index (κ2) is 6.22. The summed E-state index contributed by atoms with van der Waals surface area (Å²) in [5, 5.41) is 3.54. The fourth-order valence-corrected chi connectivity index (χ4v) is 2.85. The second-order valence-electron chi connectivity index (χ2n) is 5.86.